The topological polar surface area (TPSA) is 24.4 Å². The molecule has 1 rings (SSSR count). The molecular weight excluding hydrogens is 204 g/mol. The Hall–Kier alpha value is -0.180. The fourth-order valence-electron chi connectivity index (χ4n) is 1.79. The van der Waals surface area contributed by atoms with Crippen molar-refractivity contribution in [2.45, 2.75) is 53.1 Å². The molecule has 1 aliphatic rings. The van der Waals surface area contributed by atoms with Gasteiger partial charge in [-0.2, -0.15) is 0 Å². The largest absolute Gasteiger partial charge is 0.362 e. The highest BCUT2D eigenvalue weighted by molar-refractivity contribution is 8.14. The Morgan fingerprint density at radius 3 is 2.47 bits per heavy atom. The second-order valence-corrected chi connectivity index (χ2v) is 6.24. The minimum atomic E-state index is 0.517. The summed E-state index contributed by atoms with van der Waals surface area (Å²) in [5.74, 6) is 2.56. The highest BCUT2D eigenvalue weighted by atomic mass is 32.2. The van der Waals surface area contributed by atoms with Crippen molar-refractivity contribution in [2.24, 2.45) is 16.8 Å². The van der Waals surface area contributed by atoms with Crippen LogP contribution in [0, 0.1) is 11.8 Å². The van der Waals surface area contributed by atoms with E-state index >= 15 is 0 Å². The number of rotatable bonds is 4. The van der Waals surface area contributed by atoms with Gasteiger partial charge in [0.25, 0.3) is 0 Å². The molecule has 88 valence electrons. The zero-order chi connectivity index (χ0) is 11.4. The molecule has 2 atom stereocenters. The van der Waals surface area contributed by atoms with E-state index in [1.165, 1.54) is 6.42 Å². The smallest absolute Gasteiger partial charge is 0.157 e. The van der Waals surface area contributed by atoms with Gasteiger partial charge in [0, 0.05) is 11.8 Å². The number of amidine groups is 1. The summed E-state index contributed by atoms with van der Waals surface area (Å²) in [6.45, 7) is 11.3. The second kappa shape index (κ2) is 5.78. The number of nitrogens with zero attached hydrogens (tertiary/aromatic N) is 1. The molecule has 0 saturated carbocycles. The van der Waals surface area contributed by atoms with E-state index in [0.717, 1.165) is 16.8 Å². The maximum atomic E-state index is 4.70. The molecule has 0 radical (unpaired) electrons. The Morgan fingerprint density at radius 1 is 1.33 bits per heavy atom. The molecule has 0 bridgehead atoms. The van der Waals surface area contributed by atoms with Crippen LogP contribution in [0.2, 0.25) is 0 Å². The fraction of sp³-hybridized carbons (Fsp3) is 0.917. The van der Waals surface area contributed by atoms with Crippen LogP contribution in [0.25, 0.3) is 0 Å². The van der Waals surface area contributed by atoms with Gasteiger partial charge in [0.2, 0.25) is 0 Å². The quantitative estimate of drug-likeness (QED) is 0.799. The van der Waals surface area contributed by atoms with Gasteiger partial charge < -0.3 is 5.32 Å². The molecule has 1 N–H and O–H groups in total. The molecule has 0 aliphatic carbocycles. The zero-order valence-corrected chi connectivity index (χ0v) is 11.4. The van der Waals surface area contributed by atoms with E-state index in [4.69, 9.17) is 4.99 Å². The highest BCUT2D eigenvalue weighted by Crippen LogP contribution is 2.22. The van der Waals surface area contributed by atoms with Crippen molar-refractivity contribution in [3.63, 3.8) is 0 Å². The van der Waals surface area contributed by atoms with E-state index in [-0.39, 0.29) is 0 Å². The lowest BCUT2D eigenvalue weighted by molar-refractivity contribution is 0.490. The molecule has 0 saturated heterocycles. The minimum absolute atomic E-state index is 0.517. The van der Waals surface area contributed by atoms with Crippen LogP contribution in [0.3, 0.4) is 0 Å². The lowest BCUT2D eigenvalue weighted by Gasteiger charge is -2.16. The second-order valence-electron chi connectivity index (χ2n) is 5.23. The SMILES string of the molecule is CC(C)CC(C)NC1=NC(C(C)C)CS1. The van der Waals surface area contributed by atoms with Crippen molar-refractivity contribution in [3.05, 3.63) is 0 Å². The third-order valence-electron chi connectivity index (χ3n) is 2.64. The van der Waals surface area contributed by atoms with Crippen LogP contribution >= 0.6 is 11.8 Å². The molecule has 1 aliphatic heterocycles. The van der Waals surface area contributed by atoms with Crippen molar-refractivity contribution >= 4 is 16.9 Å². The van der Waals surface area contributed by atoms with Gasteiger partial charge in [-0.25, -0.2) is 0 Å². The Morgan fingerprint density at radius 2 is 2.00 bits per heavy atom. The number of thioether (sulfide) groups is 1. The number of hydrogen-bond acceptors (Lipinski definition) is 3. The molecule has 3 heteroatoms. The van der Waals surface area contributed by atoms with E-state index in [1.54, 1.807) is 0 Å². The molecular formula is C12H24N2S. The van der Waals surface area contributed by atoms with Crippen LogP contribution in [-0.2, 0) is 0 Å². The van der Waals surface area contributed by atoms with Crippen LogP contribution in [-0.4, -0.2) is 23.0 Å². The number of nitrogens with one attached hydrogen (secondary N) is 1. The fourth-order valence-corrected chi connectivity index (χ4v) is 3.07. The maximum Gasteiger partial charge on any atom is 0.157 e. The summed E-state index contributed by atoms with van der Waals surface area (Å²) in [6, 6.07) is 1.06. The van der Waals surface area contributed by atoms with Crippen LogP contribution in [0.4, 0.5) is 0 Å². The average Bonchev–Trinajstić information content (AvgIpc) is 2.50. The van der Waals surface area contributed by atoms with E-state index in [9.17, 15) is 0 Å². The molecule has 0 spiro atoms. The highest BCUT2D eigenvalue weighted by Gasteiger charge is 2.21. The lowest BCUT2D eigenvalue weighted by atomic mass is 10.1. The first-order valence-corrected chi connectivity index (χ1v) is 6.94. The third-order valence-corrected chi connectivity index (χ3v) is 3.64. The first kappa shape index (κ1) is 12.9. The minimum Gasteiger partial charge on any atom is -0.362 e. The van der Waals surface area contributed by atoms with Crippen LogP contribution in [0.1, 0.15) is 41.0 Å². The molecule has 0 aromatic carbocycles. The predicted molar refractivity (Wildman–Crippen MR) is 70.6 cm³/mol. The van der Waals surface area contributed by atoms with Crippen LogP contribution in [0.15, 0.2) is 4.99 Å². The predicted octanol–water partition coefficient (Wildman–Crippen LogP) is 3.14. The van der Waals surface area contributed by atoms with E-state index in [2.05, 4.69) is 39.9 Å². The van der Waals surface area contributed by atoms with Gasteiger partial charge >= 0.3 is 0 Å². The Kier molecular flexibility index (Phi) is 4.97. The molecule has 15 heavy (non-hydrogen) atoms. The van der Waals surface area contributed by atoms with Gasteiger partial charge in [-0.1, -0.05) is 39.5 Å². The van der Waals surface area contributed by atoms with E-state index < -0.39 is 0 Å². The van der Waals surface area contributed by atoms with E-state index in [1.807, 2.05) is 11.8 Å². The van der Waals surface area contributed by atoms with Crippen molar-refractivity contribution < 1.29 is 0 Å². The number of hydrogen-bond donors (Lipinski definition) is 1. The Bertz CT molecular complexity index is 224. The zero-order valence-electron chi connectivity index (χ0n) is 10.6. The van der Waals surface area contributed by atoms with Gasteiger partial charge in [0.1, 0.15) is 0 Å². The monoisotopic (exact) mass is 228 g/mol. The summed E-state index contributed by atoms with van der Waals surface area (Å²) in [7, 11) is 0. The molecule has 0 aromatic rings. The van der Waals surface area contributed by atoms with Gasteiger partial charge in [0.15, 0.2) is 5.17 Å². The normalized spacial score (nSPS) is 23.4. The van der Waals surface area contributed by atoms with Gasteiger partial charge in [-0.3, -0.25) is 4.99 Å². The Labute approximate surface area is 98.3 Å². The molecule has 1 heterocycles. The van der Waals surface area contributed by atoms with Crippen LogP contribution in [0.5, 0.6) is 0 Å². The number of aliphatic imine (C=N–C) groups is 1. The molecule has 0 fully saturated rings. The van der Waals surface area contributed by atoms with Crippen molar-refractivity contribution in [2.75, 3.05) is 5.75 Å². The first-order chi connectivity index (χ1) is 6.99. The molecule has 2 nitrogen and oxygen atoms in total. The average molecular weight is 228 g/mol. The van der Waals surface area contributed by atoms with E-state index in [0.29, 0.717) is 18.0 Å². The molecule has 0 amide bonds. The first-order valence-electron chi connectivity index (χ1n) is 5.96. The standard InChI is InChI=1S/C12H24N2S/c1-8(2)6-10(5)13-12-14-11(7-15-12)9(3)4/h8-11H,6-7H2,1-5H3,(H,13,14). The van der Waals surface area contributed by atoms with Crippen LogP contribution < -0.4 is 5.32 Å². The van der Waals surface area contributed by atoms with Gasteiger partial charge in [0.05, 0.1) is 6.04 Å². The maximum absolute atomic E-state index is 4.70. The summed E-state index contributed by atoms with van der Waals surface area (Å²) in [5.41, 5.74) is 0. The summed E-state index contributed by atoms with van der Waals surface area (Å²) in [6.07, 6.45) is 1.21. The van der Waals surface area contributed by atoms with Crippen molar-refractivity contribution in [3.8, 4) is 0 Å². The van der Waals surface area contributed by atoms with Gasteiger partial charge in [-0.05, 0) is 25.2 Å². The van der Waals surface area contributed by atoms with Crippen molar-refractivity contribution in [1.82, 2.24) is 5.32 Å². The summed E-state index contributed by atoms with van der Waals surface area (Å²) in [5, 5.41) is 4.66. The summed E-state index contributed by atoms with van der Waals surface area (Å²) in [4.78, 5) is 4.70. The lowest BCUT2D eigenvalue weighted by Crippen LogP contribution is -2.30. The molecule has 0 aromatic heterocycles. The Balaban J connectivity index is 2.36. The van der Waals surface area contributed by atoms with Gasteiger partial charge in [-0.15, -0.1) is 0 Å². The molecule has 2 unspecified atom stereocenters. The van der Waals surface area contributed by atoms with Crippen molar-refractivity contribution in [1.29, 1.82) is 0 Å². The summed E-state index contributed by atoms with van der Waals surface area (Å²) < 4.78 is 0. The third kappa shape index (κ3) is 4.45. The summed E-state index contributed by atoms with van der Waals surface area (Å²) >= 11 is 1.87.